The average Bonchev–Trinajstić information content (AvgIpc) is 2.32. The summed E-state index contributed by atoms with van der Waals surface area (Å²) in [5.74, 6) is -1.15. The minimum atomic E-state index is -0.577. The lowest BCUT2D eigenvalue weighted by Gasteiger charge is -2.14. The van der Waals surface area contributed by atoms with E-state index in [0.29, 0.717) is 6.54 Å². The van der Waals surface area contributed by atoms with Crippen molar-refractivity contribution in [2.45, 2.75) is 33.1 Å². The van der Waals surface area contributed by atoms with E-state index in [9.17, 15) is 8.78 Å². The standard InChI is InChI=1S/C14H18F2N2/c1-14(2,10-17)8-3-4-9-18-13-11(15)6-5-7-12(13)16/h5-7,18H,3-4,8-9H2,1-2H3. The molecule has 18 heavy (non-hydrogen) atoms. The van der Waals surface area contributed by atoms with Crippen LogP contribution in [0.25, 0.3) is 0 Å². The van der Waals surface area contributed by atoms with E-state index in [4.69, 9.17) is 5.26 Å². The quantitative estimate of drug-likeness (QED) is 0.774. The molecule has 1 N–H and O–H groups in total. The fourth-order valence-electron chi connectivity index (χ4n) is 1.63. The number of halogens is 2. The summed E-state index contributed by atoms with van der Waals surface area (Å²) in [5.41, 5.74) is -0.402. The average molecular weight is 252 g/mol. The third-order valence-corrected chi connectivity index (χ3v) is 2.80. The maximum Gasteiger partial charge on any atom is 0.149 e. The van der Waals surface area contributed by atoms with Crippen LogP contribution in [0.5, 0.6) is 0 Å². The van der Waals surface area contributed by atoms with Crippen molar-refractivity contribution in [2.75, 3.05) is 11.9 Å². The van der Waals surface area contributed by atoms with Crippen LogP contribution in [0.15, 0.2) is 18.2 Å². The Bertz CT molecular complexity index is 416. The number of hydrogen-bond acceptors (Lipinski definition) is 2. The number of anilines is 1. The minimum Gasteiger partial charge on any atom is -0.380 e. The van der Waals surface area contributed by atoms with E-state index >= 15 is 0 Å². The molecule has 0 heterocycles. The minimum absolute atomic E-state index is 0.0722. The predicted molar refractivity (Wildman–Crippen MR) is 68.1 cm³/mol. The van der Waals surface area contributed by atoms with Gasteiger partial charge in [0.15, 0.2) is 0 Å². The third kappa shape index (κ3) is 4.33. The molecule has 0 saturated carbocycles. The van der Waals surface area contributed by atoms with Gasteiger partial charge in [0, 0.05) is 6.54 Å². The summed E-state index contributed by atoms with van der Waals surface area (Å²) in [5, 5.41) is 11.6. The molecule has 0 bridgehead atoms. The van der Waals surface area contributed by atoms with Crippen molar-refractivity contribution in [3.63, 3.8) is 0 Å². The summed E-state index contributed by atoms with van der Waals surface area (Å²) >= 11 is 0. The highest BCUT2D eigenvalue weighted by atomic mass is 19.1. The van der Waals surface area contributed by atoms with E-state index < -0.39 is 11.6 Å². The summed E-state index contributed by atoms with van der Waals surface area (Å²) in [7, 11) is 0. The van der Waals surface area contributed by atoms with Gasteiger partial charge in [0.25, 0.3) is 0 Å². The van der Waals surface area contributed by atoms with Crippen LogP contribution < -0.4 is 5.32 Å². The molecule has 0 aliphatic rings. The SMILES string of the molecule is CC(C)(C#N)CCCCNc1c(F)cccc1F. The topological polar surface area (TPSA) is 35.8 Å². The first kappa shape index (κ1) is 14.4. The summed E-state index contributed by atoms with van der Waals surface area (Å²) in [6.45, 7) is 4.27. The maximum atomic E-state index is 13.3. The van der Waals surface area contributed by atoms with Crippen LogP contribution >= 0.6 is 0 Å². The van der Waals surface area contributed by atoms with E-state index in [0.717, 1.165) is 19.3 Å². The number of hydrogen-bond donors (Lipinski definition) is 1. The van der Waals surface area contributed by atoms with E-state index in [1.165, 1.54) is 18.2 Å². The van der Waals surface area contributed by atoms with Crippen molar-refractivity contribution in [1.82, 2.24) is 0 Å². The fourth-order valence-corrected chi connectivity index (χ4v) is 1.63. The van der Waals surface area contributed by atoms with Gasteiger partial charge in [-0.3, -0.25) is 0 Å². The second-order valence-electron chi connectivity index (χ2n) is 4.98. The molecule has 0 amide bonds. The molecule has 98 valence electrons. The molecule has 0 saturated heterocycles. The monoisotopic (exact) mass is 252 g/mol. The third-order valence-electron chi connectivity index (χ3n) is 2.80. The van der Waals surface area contributed by atoms with Gasteiger partial charge in [0.2, 0.25) is 0 Å². The van der Waals surface area contributed by atoms with Crippen LogP contribution in [-0.4, -0.2) is 6.54 Å². The van der Waals surface area contributed by atoms with Crippen LogP contribution in [0.2, 0.25) is 0 Å². The number of para-hydroxylation sites is 1. The Kier molecular flexibility index (Phi) is 5.08. The van der Waals surface area contributed by atoms with Gasteiger partial charge < -0.3 is 5.32 Å². The number of nitrogens with one attached hydrogen (secondary N) is 1. The first-order valence-electron chi connectivity index (χ1n) is 6.05. The van der Waals surface area contributed by atoms with Crippen LogP contribution in [0.1, 0.15) is 33.1 Å². The molecule has 0 fully saturated rings. The van der Waals surface area contributed by atoms with Gasteiger partial charge in [0.05, 0.1) is 11.5 Å². The molecule has 0 aliphatic heterocycles. The fraction of sp³-hybridized carbons (Fsp3) is 0.500. The van der Waals surface area contributed by atoms with Crippen molar-refractivity contribution in [3.05, 3.63) is 29.8 Å². The van der Waals surface area contributed by atoms with Gasteiger partial charge in [-0.15, -0.1) is 0 Å². The maximum absolute atomic E-state index is 13.3. The Balaban J connectivity index is 2.33. The van der Waals surface area contributed by atoms with Crippen LogP contribution in [0, 0.1) is 28.4 Å². The molecule has 2 nitrogen and oxygen atoms in total. The lowest BCUT2D eigenvalue weighted by atomic mass is 9.89. The largest absolute Gasteiger partial charge is 0.380 e. The first-order chi connectivity index (χ1) is 8.46. The van der Waals surface area contributed by atoms with Gasteiger partial charge >= 0.3 is 0 Å². The van der Waals surface area contributed by atoms with Crippen molar-refractivity contribution < 1.29 is 8.78 Å². The van der Waals surface area contributed by atoms with Crippen molar-refractivity contribution in [2.24, 2.45) is 5.41 Å². The molecule has 0 radical (unpaired) electrons. The van der Waals surface area contributed by atoms with E-state index in [1.54, 1.807) is 0 Å². The summed E-state index contributed by atoms with van der Waals surface area (Å²) in [6, 6.07) is 6.02. The molecule has 1 rings (SSSR count). The summed E-state index contributed by atoms with van der Waals surface area (Å²) in [6.07, 6.45) is 2.41. The molecule has 0 unspecified atom stereocenters. The molecule has 0 atom stereocenters. The number of rotatable bonds is 6. The Hall–Kier alpha value is -1.63. The van der Waals surface area contributed by atoms with Gasteiger partial charge in [-0.1, -0.05) is 12.5 Å². The Morgan fingerprint density at radius 1 is 1.22 bits per heavy atom. The van der Waals surface area contributed by atoms with Crippen molar-refractivity contribution >= 4 is 5.69 Å². The van der Waals surface area contributed by atoms with Crippen molar-refractivity contribution in [3.8, 4) is 6.07 Å². The highest BCUT2D eigenvalue weighted by Crippen LogP contribution is 2.22. The lowest BCUT2D eigenvalue weighted by molar-refractivity contribution is 0.429. The smallest absolute Gasteiger partial charge is 0.149 e. The zero-order valence-electron chi connectivity index (χ0n) is 10.8. The molecule has 0 aromatic heterocycles. The number of nitrogens with zero attached hydrogens (tertiary/aromatic N) is 1. The Labute approximate surface area is 107 Å². The second kappa shape index (κ2) is 6.34. The first-order valence-corrected chi connectivity index (χ1v) is 6.05. The van der Waals surface area contributed by atoms with Crippen LogP contribution in [0.4, 0.5) is 14.5 Å². The van der Waals surface area contributed by atoms with Crippen LogP contribution in [0.3, 0.4) is 0 Å². The molecule has 0 aliphatic carbocycles. The number of unbranched alkanes of at least 4 members (excludes halogenated alkanes) is 1. The molecule has 1 aromatic carbocycles. The summed E-state index contributed by atoms with van der Waals surface area (Å²) < 4.78 is 26.5. The molecular weight excluding hydrogens is 234 g/mol. The second-order valence-corrected chi connectivity index (χ2v) is 4.98. The van der Waals surface area contributed by atoms with E-state index in [1.807, 2.05) is 13.8 Å². The van der Waals surface area contributed by atoms with Gasteiger partial charge in [-0.2, -0.15) is 5.26 Å². The van der Waals surface area contributed by atoms with Crippen LogP contribution in [-0.2, 0) is 0 Å². The lowest BCUT2D eigenvalue weighted by Crippen LogP contribution is -2.10. The highest BCUT2D eigenvalue weighted by Gasteiger charge is 2.15. The molecular formula is C14H18F2N2. The van der Waals surface area contributed by atoms with Gasteiger partial charge in [0.1, 0.15) is 17.3 Å². The van der Waals surface area contributed by atoms with Gasteiger partial charge in [-0.05, 0) is 38.8 Å². The zero-order chi connectivity index (χ0) is 13.6. The Morgan fingerprint density at radius 3 is 2.39 bits per heavy atom. The highest BCUT2D eigenvalue weighted by molar-refractivity contribution is 5.45. The van der Waals surface area contributed by atoms with Crippen molar-refractivity contribution in [1.29, 1.82) is 5.26 Å². The molecule has 1 aromatic rings. The van der Waals surface area contributed by atoms with E-state index in [-0.39, 0.29) is 11.1 Å². The zero-order valence-corrected chi connectivity index (χ0v) is 10.8. The van der Waals surface area contributed by atoms with Gasteiger partial charge in [-0.25, -0.2) is 8.78 Å². The number of nitriles is 1. The predicted octanol–water partition coefficient (Wildman–Crippen LogP) is 4.10. The number of benzene rings is 1. The Morgan fingerprint density at radius 2 is 1.83 bits per heavy atom. The molecule has 0 spiro atoms. The normalized spacial score (nSPS) is 11.1. The summed E-state index contributed by atoms with van der Waals surface area (Å²) in [4.78, 5) is 0. The van der Waals surface area contributed by atoms with E-state index in [2.05, 4.69) is 11.4 Å². The molecule has 4 heteroatoms.